The molecule has 0 aliphatic carbocycles. The summed E-state index contributed by atoms with van der Waals surface area (Å²) >= 11 is 0. The lowest BCUT2D eigenvalue weighted by molar-refractivity contribution is 0.369. The smallest absolute Gasteiger partial charge is 0.408 e. The van der Waals surface area contributed by atoms with Crippen LogP contribution in [0.2, 0.25) is 0 Å². The van der Waals surface area contributed by atoms with Crippen molar-refractivity contribution in [2.45, 2.75) is 106 Å². The normalized spacial score (nSPS) is 14.5. The van der Waals surface area contributed by atoms with Crippen LogP contribution in [0.15, 0.2) is 42.5 Å². The molecule has 0 amide bonds. The van der Waals surface area contributed by atoms with E-state index in [9.17, 15) is 0 Å². The maximum atomic E-state index is 6.78. The van der Waals surface area contributed by atoms with Gasteiger partial charge in [-0.2, -0.15) is 0 Å². The quantitative estimate of drug-likeness (QED) is 0.307. The lowest BCUT2D eigenvalue weighted by atomic mass is 9.81. The van der Waals surface area contributed by atoms with Crippen molar-refractivity contribution in [3.05, 3.63) is 87.0 Å². The highest BCUT2D eigenvalue weighted by molar-refractivity contribution is 7.43. The fourth-order valence-corrected chi connectivity index (χ4v) is 6.38. The lowest BCUT2D eigenvalue weighted by Crippen LogP contribution is -2.19. The van der Waals surface area contributed by atoms with E-state index in [1.54, 1.807) is 0 Å². The molecule has 1 heterocycles. The minimum absolute atomic E-state index is 0.00637. The molecule has 0 radical (unpaired) electrons. The van der Waals surface area contributed by atoms with E-state index < -0.39 is 8.60 Å². The van der Waals surface area contributed by atoms with Crippen LogP contribution >= 0.6 is 8.60 Å². The van der Waals surface area contributed by atoms with Crippen molar-refractivity contribution in [2.24, 2.45) is 0 Å². The molecule has 0 saturated carbocycles. The Morgan fingerprint density at radius 3 is 1.47 bits per heavy atom. The summed E-state index contributed by atoms with van der Waals surface area (Å²) in [6.07, 6.45) is 0.752. The molecule has 0 bridgehead atoms. The first-order valence-electron chi connectivity index (χ1n) is 13.7. The van der Waals surface area contributed by atoms with Crippen molar-refractivity contribution >= 4 is 8.60 Å². The van der Waals surface area contributed by atoms with Crippen LogP contribution in [-0.4, -0.2) is 0 Å². The van der Waals surface area contributed by atoms with E-state index in [0.717, 1.165) is 23.7 Å². The standard InChI is InChI=1S/C34H45O3P/c1-21-15-24-19-25-16-22(2)18-29(34(10,11)12)31(25)37-38(36-30(24)28(17-21)33(7,8)9)35-26-14-13-23(3)27(20-26)32(4,5)6/h13-18,20H,19H2,1-12H3. The van der Waals surface area contributed by atoms with Crippen LogP contribution in [0.4, 0.5) is 0 Å². The van der Waals surface area contributed by atoms with E-state index in [1.165, 1.54) is 44.5 Å². The number of hydrogen-bond acceptors (Lipinski definition) is 3. The number of benzene rings is 3. The predicted octanol–water partition coefficient (Wildman–Crippen LogP) is 10.2. The van der Waals surface area contributed by atoms with Crippen molar-refractivity contribution in [3.8, 4) is 17.2 Å². The maximum Gasteiger partial charge on any atom is 0.530 e. The van der Waals surface area contributed by atoms with Crippen LogP contribution in [0.1, 0.15) is 107 Å². The SMILES string of the molecule is Cc1cc2c(c(C(C)(C)C)c1)OP(Oc1ccc(C)c(C(C)(C)C)c1)Oc1c(cc(C)cc1C(C)(C)C)C2. The van der Waals surface area contributed by atoms with E-state index >= 15 is 0 Å². The molecule has 4 rings (SSSR count). The van der Waals surface area contributed by atoms with E-state index in [2.05, 4.69) is 119 Å². The van der Waals surface area contributed by atoms with Gasteiger partial charge in [0, 0.05) is 17.5 Å². The van der Waals surface area contributed by atoms with Crippen LogP contribution in [0.3, 0.4) is 0 Å². The van der Waals surface area contributed by atoms with Gasteiger partial charge in [-0.25, -0.2) is 0 Å². The fourth-order valence-electron chi connectivity index (χ4n) is 5.25. The number of fused-ring (bicyclic) bond motifs is 2. The zero-order valence-electron chi connectivity index (χ0n) is 25.4. The third kappa shape index (κ3) is 6.04. The van der Waals surface area contributed by atoms with Crippen molar-refractivity contribution in [2.75, 3.05) is 0 Å². The van der Waals surface area contributed by atoms with Gasteiger partial charge < -0.3 is 13.6 Å². The molecule has 1 aliphatic rings. The molecule has 38 heavy (non-hydrogen) atoms. The second-order valence-electron chi connectivity index (χ2n) is 14.0. The summed E-state index contributed by atoms with van der Waals surface area (Å²) in [6, 6.07) is 15.3. The van der Waals surface area contributed by atoms with Crippen molar-refractivity contribution in [1.29, 1.82) is 0 Å². The van der Waals surface area contributed by atoms with Gasteiger partial charge in [0.05, 0.1) is 0 Å². The Kier molecular flexibility index (Phi) is 7.43. The first kappa shape index (κ1) is 28.5. The van der Waals surface area contributed by atoms with Crippen LogP contribution in [-0.2, 0) is 22.7 Å². The van der Waals surface area contributed by atoms with E-state index in [0.29, 0.717) is 0 Å². The molecular formula is C34H45O3P. The molecule has 0 unspecified atom stereocenters. The van der Waals surface area contributed by atoms with Crippen molar-refractivity contribution < 1.29 is 13.6 Å². The maximum absolute atomic E-state index is 6.78. The number of aryl methyl sites for hydroxylation is 3. The average Bonchev–Trinajstić information content (AvgIpc) is 2.74. The molecule has 3 nitrogen and oxygen atoms in total. The highest BCUT2D eigenvalue weighted by Gasteiger charge is 2.34. The van der Waals surface area contributed by atoms with Gasteiger partial charge in [0.15, 0.2) is 0 Å². The monoisotopic (exact) mass is 532 g/mol. The molecule has 0 saturated heterocycles. The first-order valence-corrected chi connectivity index (χ1v) is 14.8. The summed E-state index contributed by atoms with van der Waals surface area (Å²) in [7, 11) is -1.77. The molecule has 3 aromatic rings. The summed E-state index contributed by atoms with van der Waals surface area (Å²) in [5.74, 6) is 2.55. The van der Waals surface area contributed by atoms with Crippen molar-refractivity contribution in [3.63, 3.8) is 0 Å². The summed E-state index contributed by atoms with van der Waals surface area (Å²) in [4.78, 5) is 0. The molecule has 0 atom stereocenters. The topological polar surface area (TPSA) is 27.7 Å². The summed E-state index contributed by atoms with van der Waals surface area (Å²) in [5.41, 5.74) is 9.53. The van der Waals surface area contributed by atoms with E-state index in [1.807, 2.05) is 6.07 Å². The number of hydrogen-bond donors (Lipinski definition) is 0. The van der Waals surface area contributed by atoms with Gasteiger partial charge in [0.1, 0.15) is 17.2 Å². The Balaban J connectivity index is 1.92. The second-order valence-corrected chi connectivity index (χ2v) is 15.0. The molecule has 0 N–H and O–H groups in total. The van der Waals surface area contributed by atoms with Gasteiger partial charge in [0.2, 0.25) is 0 Å². The highest BCUT2D eigenvalue weighted by atomic mass is 31.2. The van der Waals surface area contributed by atoms with E-state index in [4.69, 9.17) is 13.6 Å². The van der Waals surface area contributed by atoms with Crippen LogP contribution in [0.25, 0.3) is 0 Å². The first-order chi connectivity index (χ1) is 17.4. The Labute approximate surface area is 231 Å². The zero-order chi connectivity index (χ0) is 28.2. The molecule has 3 aromatic carbocycles. The molecule has 204 valence electrons. The minimum atomic E-state index is -1.77. The zero-order valence-corrected chi connectivity index (χ0v) is 26.3. The van der Waals surface area contributed by atoms with Gasteiger partial charge in [-0.15, -0.1) is 0 Å². The lowest BCUT2D eigenvalue weighted by Gasteiger charge is -2.32. The Morgan fingerprint density at radius 1 is 0.605 bits per heavy atom. The van der Waals surface area contributed by atoms with Gasteiger partial charge in [-0.05, 0) is 71.4 Å². The van der Waals surface area contributed by atoms with Crippen LogP contribution in [0, 0.1) is 20.8 Å². The fraction of sp³-hybridized carbons (Fsp3) is 0.471. The molecule has 0 fully saturated rings. The minimum Gasteiger partial charge on any atom is -0.408 e. The van der Waals surface area contributed by atoms with E-state index in [-0.39, 0.29) is 16.2 Å². The van der Waals surface area contributed by atoms with Crippen molar-refractivity contribution in [1.82, 2.24) is 0 Å². The molecule has 4 heteroatoms. The number of rotatable bonds is 2. The predicted molar refractivity (Wildman–Crippen MR) is 161 cm³/mol. The largest absolute Gasteiger partial charge is 0.530 e. The Hall–Kier alpha value is -2.51. The summed E-state index contributed by atoms with van der Waals surface area (Å²) in [5, 5.41) is 0. The second kappa shape index (κ2) is 9.91. The molecule has 0 spiro atoms. The third-order valence-electron chi connectivity index (χ3n) is 7.15. The molecular weight excluding hydrogens is 487 g/mol. The van der Waals surface area contributed by atoms with Gasteiger partial charge in [0.25, 0.3) is 0 Å². The highest BCUT2D eigenvalue weighted by Crippen LogP contribution is 2.52. The van der Waals surface area contributed by atoms with Gasteiger partial charge in [-0.3, -0.25) is 0 Å². The van der Waals surface area contributed by atoms with Gasteiger partial charge >= 0.3 is 8.60 Å². The average molecular weight is 533 g/mol. The Morgan fingerprint density at radius 2 is 1.05 bits per heavy atom. The summed E-state index contributed by atoms with van der Waals surface area (Å²) in [6.45, 7) is 26.6. The molecule has 0 aromatic heterocycles. The van der Waals surface area contributed by atoms with Gasteiger partial charge in [-0.1, -0.05) is 104 Å². The molecule has 1 aliphatic heterocycles. The Bertz CT molecular complexity index is 1280. The van der Waals surface area contributed by atoms with Crippen LogP contribution in [0.5, 0.6) is 17.2 Å². The van der Waals surface area contributed by atoms with Crippen LogP contribution < -0.4 is 13.6 Å². The third-order valence-corrected chi connectivity index (χ3v) is 8.17. The summed E-state index contributed by atoms with van der Waals surface area (Å²) < 4.78 is 20.2.